The van der Waals surface area contributed by atoms with Gasteiger partial charge in [0.15, 0.2) is 0 Å². The molecule has 3 aromatic rings. The van der Waals surface area contributed by atoms with Gasteiger partial charge < -0.3 is 20.1 Å². The van der Waals surface area contributed by atoms with E-state index in [4.69, 9.17) is 31.8 Å². The third-order valence-corrected chi connectivity index (χ3v) is 7.28. The maximum Gasteiger partial charge on any atom is 0.232 e. The average Bonchev–Trinajstić information content (AvgIpc) is 3.36. The van der Waals surface area contributed by atoms with Crippen molar-refractivity contribution < 1.29 is 9.47 Å². The number of nitrogens with zero attached hydrogens (tertiary/aromatic N) is 5. The van der Waals surface area contributed by atoms with E-state index < -0.39 is 0 Å². The maximum atomic E-state index is 6.58. The van der Waals surface area contributed by atoms with Crippen molar-refractivity contribution in [2.45, 2.75) is 38.8 Å². The fraction of sp³-hybridized carbons (Fsp3) is 0.500. The average molecular weight is 443 g/mol. The minimum atomic E-state index is 0.0695. The third-order valence-electron chi connectivity index (χ3n) is 6.92. The number of methoxy groups -OCH3 is 1. The molecule has 5 rings (SSSR count). The van der Waals surface area contributed by atoms with Crippen molar-refractivity contribution in [1.82, 2.24) is 19.4 Å². The van der Waals surface area contributed by atoms with Crippen LogP contribution in [0.2, 0.25) is 5.02 Å². The van der Waals surface area contributed by atoms with Crippen LogP contribution >= 0.6 is 11.6 Å². The van der Waals surface area contributed by atoms with Gasteiger partial charge in [-0.25, -0.2) is 15.0 Å². The molecule has 2 aliphatic rings. The number of aryl methyl sites for hydroxylation is 1. The molecular weight excluding hydrogens is 416 g/mol. The van der Waals surface area contributed by atoms with Crippen LogP contribution in [0, 0.1) is 12.3 Å². The fourth-order valence-electron chi connectivity index (χ4n) is 4.99. The van der Waals surface area contributed by atoms with E-state index in [9.17, 15) is 0 Å². The van der Waals surface area contributed by atoms with Crippen LogP contribution in [0.5, 0.6) is 5.88 Å². The van der Waals surface area contributed by atoms with Crippen LogP contribution in [0.3, 0.4) is 0 Å². The van der Waals surface area contributed by atoms with Gasteiger partial charge in [0.1, 0.15) is 10.7 Å². The van der Waals surface area contributed by atoms with Gasteiger partial charge in [0, 0.05) is 54.3 Å². The largest absolute Gasteiger partial charge is 0.480 e. The van der Waals surface area contributed by atoms with Crippen LogP contribution < -0.4 is 15.4 Å². The number of rotatable bonds is 3. The first-order chi connectivity index (χ1) is 14.9. The summed E-state index contributed by atoms with van der Waals surface area (Å²) in [6.45, 7) is 6.57. The Morgan fingerprint density at radius 2 is 2.03 bits per heavy atom. The number of hydrogen-bond acceptors (Lipinski definition) is 7. The van der Waals surface area contributed by atoms with E-state index in [1.807, 2.05) is 23.6 Å². The van der Waals surface area contributed by atoms with Crippen LogP contribution in [-0.2, 0) is 4.74 Å². The maximum absolute atomic E-state index is 6.58. The molecule has 5 heterocycles. The van der Waals surface area contributed by atoms with Gasteiger partial charge in [-0.2, -0.15) is 0 Å². The zero-order valence-electron chi connectivity index (χ0n) is 18.0. The molecule has 2 aliphatic heterocycles. The number of anilines is 1. The first-order valence-corrected chi connectivity index (χ1v) is 11.0. The van der Waals surface area contributed by atoms with Crippen LogP contribution in [0.1, 0.15) is 25.5 Å². The summed E-state index contributed by atoms with van der Waals surface area (Å²) in [6.07, 6.45) is 7.53. The van der Waals surface area contributed by atoms with Crippen molar-refractivity contribution in [3.63, 3.8) is 0 Å². The molecular formula is C22H27ClN6O2. The number of fused-ring (bicyclic) bond motifs is 1. The number of aromatic nitrogens is 4. The number of nitrogens with two attached hydrogens (primary N) is 1. The smallest absolute Gasteiger partial charge is 0.232 e. The Kier molecular flexibility index (Phi) is 5.03. The van der Waals surface area contributed by atoms with Crippen LogP contribution in [0.15, 0.2) is 24.7 Å². The molecule has 31 heavy (non-hydrogen) atoms. The van der Waals surface area contributed by atoms with Gasteiger partial charge in [0.2, 0.25) is 11.8 Å². The lowest BCUT2D eigenvalue weighted by atomic mass is 9.73. The minimum Gasteiger partial charge on any atom is -0.480 e. The van der Waals surface area contributed by atoms with Gasteiger partial charge in [-0.3, -0.25) is 4.40 Å². The number of pyridine rings is 1. The summed E-state index contributed by atoms with van der Waals surface area (Å²) in [5.74, 6) is 1.28. The quantitative estimate of drug-likeness (QED) is 0.666. The lowest BCUT2D eigenvalue weighted by molar-refractivity contribution is 0.0973. The monoisotopic (exact) mass is 442 g/mol. The molecule has 0 aromatic carbocycles. The van der Waals surface area contributed by atoms with Crippen LogP contribution in [0.4, 0.5) is 5.95 Å². The highest BCUT2D eigenvalue weighted by Crippen LogP contribution is 2.43. The predicted octanol–water partition coefficient (Wildman–Crippen LogP) is 3.09. The molecule has 8 nitrogen and oxygen atoms in total. The lowest BCUT2D eigenvalue weighted by Gasteiger charge is -2.41. The molecule has 1 spiro atoms. The summed E-state index contributed by atoms with van der Waals surface area (Å²) in [4.78, 5) is 16.1. The molecule has 0 unspecified atom stereocenters. The summed E-state index contributed by atoms with van der Waals surface area (Å²) in [7, 11) is 1.56. The Morgan fingerprint density at radius 1 is 1.26 bits per heavy atom. The van der Waals surface area contributed by atoms with Gasteiger partial charge in [0.05, 0.1) is 25.5 Å². The second-order valence-corrected chi connectivity index (χ2v) is 8.94. The van der Waals surface area contributed by atoms with E-state index in [2.05, 4.69) is 21.8 Å². The van der Waals surface area contributed by atoms with E-state index in [1.54, 1.807) is 19.5 Å². The molecule has 0 bridgehead atoms. The minimum absolute atomic E-state index is 0.0695. The van der Waals surface area contributed by atoms with Crippen molar-refractivity contribution in [2.24, 2.45) is 11.1 Å². The Balaban J connectivity index is 1.52. The van der Waals surface area contributed by atoms with Crippen molar-refractivity contribution in [1.29, 1.82) is 0 Å². The highest BCUT2D eigenvalue weighted by molar-refractivity contribution is 6.34. The molecule has 9 heteroatoms. The molecule has 2 fully saturated rings. The summed E-state index contributed by atoms with van der Waals surface area (Å²) in [5, 5.41) is 0.455. The van der Waals surface area contributed by atoms with Gasteiger partial charge in [-0.15, -0.1) is 0 Å². The number of ether oxygens (including phenoxy) is 2. The molecule has 0 amide bonds. The molecule has 2 N–H and O–H groups in total. The molecule has 2 saturated heterocycles. The van der Waals surface area contributed by atoms with Gasteiger partial charge in [-0.1, -0.05) is 11.6 Å². The first kappa shape index (κ1) is 20.5. The van der Waals surface area contributed by atoms with Crippen molar-refractivity contribution in [3.8, 4) is 17.0 Å². The zero-order valence-corrected chi connectivity index (χ0v) is 18.8. The van der Waals surface area contributed by atoms with Crippen LogP contribution in [0.25, 0.3) is 16.8 Å². The van der Waals surface area contributed by atoms with Crippen molar-refractivity contribution in [2.75, 3.05) is 31.7 Å². The predicted molar refractivity (Wildman–Crippen MR) is 120 cm³/mol. The normalized spacial score (nSPS) is 23.1. The molecule has 0 aliphatic carbocycles. The zero-order chi connectivity index (χ0) is 21.8. The second kappa shape index (κ2) is 7.62. The standard InChI is InChI=1S/C22H27ClN6O2/c1-13-16(15-4-7-26-20(30-3)17(15)23)19-25-8-11-29(19)21(27-13)28-9-5-22(6-10-28)12-31-14(2)18(22)24/h4,7-8,11,14,18H,5-6,9-10,12,24H2,1-3H3/t14-,18+/m0/s1. The number of halogens is 1. The summed E-state index contributed by atoms with van der Waals surface area (Å²) in [6, 6.07) is 1.96. The SMILES string of the molecule is COc1nccc(-c2c(C)nc(N3CCC4(CC3)CO[C@@H](C)[C@H]4N)n3ccnc23)c1Cl. The first-order valence-electron chi connectivity index (χ1n) is 10.6. The van der Waals surface area contributed by atoms with Gasteiger partial charge in [-0.05, 0) is 32.8 Å². The third kappa shape index (κ3) is 3.16. The molecule has 0 radical (unpaired) electrons. The molecule has 2 atom stereocenters. The lowest BCUT2D eigenvalue weighted by Crippen LogP contribution is -2.51. The van der Waals surface area contributed by atoms with E-state index in [1.165, 1.54) is 0 Å². The van der Waals surface area contributed by atoms with Gasteiger partial charge in [0.25, 0.3) is 0 Å². The topological polar surface area (TPSA) is 90.8 Å². The van der Waals surface area contributed by atoms with E-state index >= 15 is 0 Å². The van der Waals surface area contributed by atoms with Gasteiger partial charge >= 0.3 is 0 Å². The summed E-state index contributed by atoms with van der Waals surface area (Å²) >= 11 is 6.58. The van der Waals surface area contributed by atoms with Crippen LogP contribution in [-0.4, -0.2) is 58.3 Å². The Hall–Kier alpha value is -2.42. The van der Waals surface area contributed by atoms with E-state index in [0.29, 0.717) is 10.9 Å². The van der Waals surface area contributed by atoms with E-state index in [-0.39, 0.29) is 17.6 Å². The van der Waals surface area contributed by atoms with E-state index in [0.717, 1.165) is 61.0 Å². The summed E-state index contributed by atoms with van der Waals surface area (Å²) in [5.41, 5.74) is 9.92. The number of hydrogen-bond donors (Lipinski definition) is 1. The highest BCUT2D eigenvalue weighted by Gasteiger charge is 2.47. The van der Waals surface area contributed by atoms with Crippen molar-refractivity contribution in [3.05, 3.63) is 35.4 Å². The Bertz CT molecular complexity index is 1120. The summed E-state index contributed by atoms with van der Waals surface area (Å²) < 4.78 is 13.2. The number of piperidine rings is 1. The Labute approximate surface area is 186 Å². The Morgan fingerprint density at radius 3 is 2.71 bits per heavy atom. The fourth-order valence-corrected chi connectivity index (χ4v) is 5.28. The highest BCUT2D eigenvalue weighted by atomic mass is 35.5. The van der Waals surface area contributed by atoms with Crippen molar-refractivity contribution >= 4 is 23.2 Å². The second-order valence-electron chi connectivity index (χ2n) is 8.57. The molecule has 3 aromatic heterocycles. The molecule has 164 valence electrons. The number of imidazole rings is 1. The molecule has 0 saturated carbocycles.